The van der Waals surface area contributed by atoms with E-state index >= 15 is 0 Å². The number of hydrogen-bond acceptors (Lipinski definition) is 6. The van der Waals surface area contributed by atoms with Gasteiger partial charge in [0.2, 0.25) is 20.3 Å². The zero-order valence-corrected chi connectivity index (χ0v) is 13.3. The lowest BCUT2D eigenvalue weighted by Crippen LogP contribution is -2.12. The molecule has 0 radical (unpaired) electrons. The number of nitrogens with zero attached hydrogens (tertiary/aromatic N) is 2. The van der Waals surface area contributed by atoms with E-state index in [-0.39, 0.29) is 16.2 Å². The quantitative estimate of drug-likeness (QED) is 0.892. The van der Waals surface area contributed by atoms with Gasteiger partial charge in [-0.2, -0.15) is 0 Å². The Bertz CT molecular complexity index is 784. The highest BCUT2D eigenvalue weighted by atomic mass is 32.2. The monoisotopic (exact) mass is 326 g/mol. The fraction of sp³-hybridized carbons (Fsp3) is 0.250. The summed E-state index contributed by atoms with van der Waals surface area (Å²) in [6.45, 7) is 3.89. The topological polar surface area (TPSA) is 101 Å². The fourth-order valence-corrected chi connectivity index (χ4v) is 2.99. The molecule has 2 rings (SSSR count). The third-order valence-electron chi connectivity index (χ3n) is 2.69. The third kappa shape index (κ3) is 4.23. The highest BCUT2D eigenvalue weighted by Gasteiger charge is 2.12. The predicted molar refractivity (Wildman–Crippen MR) is 82.2 cm³/mol. The SMILES string of the molecule is Cc1ccc(C(=O)Nc2nnc(NS(C)(=O)=O)s2)cc1C. The van der Waals surface area contributed by atoms with Gasteiger partial charge in [-0.3, -0.25) is 14.8 Å². The number of aromatic nitrogens is 2. The first-order valence-corrected chi connectivity index (χ1v) is 8.65. The normalized spacial score (nSPS) is 11.2. The molecule has 9 heteroatoms. The van der Waals surface area contributed by atoms with Gasteiger partial charge < -0.3 is 0 Å². The van der Waals surface area contributed by atoms with Crippen molar-refractivity contribution in [3.63, 3.8) is 0 Å². The predicted octanol–water partition coefficient (Wildman–Crippen LogP) is 1.78. The molecule has 0 bridgehead atoms. The maximum absolute atomic E-state index is 12.1. The molecule has 0 aliphatic heterocycles. The lowest BCUT2D eigenvalue weighted by molar-refractivity contribution is 0.102. The van der Waals surface area contributed by atoms with Crippen LogP contribution >= 0.6 is 11.3 Å². The number of carbonyl (C=O) groups is 1. The van der Waals surface area contributed by atoms with Crippen LogP contribution in [0.15, 0.2) is 18.2 Å². The molecule has 1 heterocycles. The van der Waals surface area contributed by atoms with Gasteiger partial charge in [0.05, 0.1) is 6.26 Å². The molecular formula is C12H14N4O3S2. The van der Waals surface area contributed by atoms with Crippen molar-refractivity contribution in [1.82, 2.24) is 10.2 Å². The van der Waals surface area contributed by atoms with Crippen LogP contribution in [0, 0.1) is 13.8 Å². The maximum Gasteiger partial charge on any atom is 0.257 e. The average molecular weight is 326 g/mol. The molecule has 112 valence electrons. The van der Waals surface area contributed by atoms with Gasteiger partial charge in [0.25, 0.3) is 5.91 Å². The van der Waals surface area contributed by atoms with Crippen LogP contribution in [0.2, 0.25) is 0 Å². The van der Waals surface area contributed by atoms with Gasteiger partial charge in [-0.25, -0.2) is 8.42 Å². The van der Waals surface area contributed by atoms with Crippen LogP contribution in [0.3, 0.4) is 0 Å². The summed E-state index contributed by atoms with van der Waals surface area (Å²) >= 11 is 0.946. The average Bonchev–Trinajstić information content (AvgIpc) is 2.77. The van der Waals surface area contributed by atoms with Crippen molar-refractivity contribution in [2.45, 2.75) is 13.8 Å². The van der Waals surface area contributed by atoms with Crippen molar-refractivity contribution in [1.29, 1.82) is 0 Å². The smallest absolute Gasteiger partial charge is 0.257 e. The standard InChI is InChI=1S/C12H14N4O3S2/c1-7-4-5-9(6-8(7)2)10(17)13-11-14-15-12(20-11)16-21(3,18)19/h4-6H,1-3H3,(H,15,16)(H,13,14,17). The second kappa shape index (κ2) is 5.78. The van der Waals surface area contributed by atoms with E-state index in [1.807, 2.05) is 19.9 Å². The molecule has 0 aliphatic carbocycles. The van der Waals surface area contributed by atoms with E-state index < -0.39 is 10.0 Å². The lowest BCUT2D eigenvalue weighted by Gasteiger charge is -2.04. The Morgan fingerprint density at radius 2 is 1.81 bits per heavy atom. The number of hydrogen-bond donors (Lipinski definition) is 2. The number of carbonyl (C=O) groups excluding carboxylic acids is 1. The molecule has 21 heavy (non-hydrogen) atoms. The molecule has 0 saturated carbocycles. The summed E-state index contributed by atoms with van der Waals surface area (Å²) in [5, 5.41) is 10.3. The summed E-state index contributed by atoms with van der Waals surface area (Å²) in [5.74, 6) is -0.319. The largest absolute Gasteiger partial charge is 0.296 e. The molecule has 0 fully saturated rings. The molecule has 0 saturated heterocycles. The van der Waals surface area contributed by atoms with E-state index in [1.165, 1.54) is 0 Å². The Morgan fingerprint density at radius 3 is 2.43 bits per heavy atom. The Kier molecular flexibility index (Phi) is 4.24. The van der Waals surface area contributed by atoms with Crippen LogP contribution in [0.25, 0.3) is 0 Å². The van der Waals surface area contributed by atoms with Crippen molar-refractivity contribution in [2.24, 2.45) is 0 Å². The van der Waals surface area contributed by atoms with Crippen LogP contribution in [0.4, 0.5) is 10.3 Å². The van der Waals surface area contributed by atoms with Crippen LogP contribution in [0.5, 0.6) is 0 Å². The second-order valence-electron chi connectivity index (χ2n) is 4.54. The van der Waals surface area contributed by atoms with Gasteiger partial charge in [-0.1, -0.05) is 17.4 Å². The number of aryl methyl sites for hydroxylation is 2. The van der Waals surface area contributed by atoms with Crippen molar-refractivity contribution in [3.05, 3.63) is 34.9 Å². The molecule has 2 N–H and O–H groups in total. The van der Waals surface area contributed by atoms with Crippen LogP contribution < -0.4 is 10.0 Å². The van der Waals surface area contributed by atoms with Crippen LogP contribution in [0.1, 0.15) is 21.5 Å². The van der Waals surface area contributed by atoms with Crippen LogP contribution in [-0.2, 0) is 10.0 Å². The highest BCUT2D eigenvalue weighted by molar-refractivity contribution is 7.92. The van der Waals surface area contributed by atoms with E-state index in [4.69, 9.17) is 0 Å². The van der Waals surface area contributed by atoms with Gasteiger partial charge in [0, 0.05) is 5.56 Å². The molecular weight excluding hydrogens is 312 g/mol. The first-order chi connectivity index (χ1) is 9.74. The van der Waals surface area contributed by atoms with Gasteiger partial charge in [0.1, 0.15) is 0 Å². The molecule has 1 amide bonds. The molecule has 1 aromatic heterocycles. The maximum atomic E-state index is 12.1. The highest BCUT2D eigenvalue weighted by Crippen LogP contribution is 2.21. The van der Waals surface area contributed by atoms with Crippen LogP contribution in [-0.4, -0.2) is 30.8 Å². The minimum absolute atomic E-state index is 0.105. The number of amides is 1. The molecule has 0 aliphatic rings. The molecule has 0 unspecified atom stereocenters. The van der Waals surface area contributed by atoms with E-state index in [0.29, 0.717) is 5.56 Å². The first kappa shape index (κ1) is 15.4. The Hall–Kier alpha value is -2.00. The summed E-state index contributed by atoms with van der Waals surface area (Å²) in [7, 11) is -3.41. The Morgan fingerprint density at radius 1 is 1.14 bits per heavy atom. The summed E-state index contributed by atoms with van der Waals surface area (Å²) in [5.41, 5.74) is 2.62. The number of benzene rings is 1. The van der Waals surface area contributed by atoms with Crippen molar-refractivity contribution < 1.29 is 13.2 Å². The van der Waals surface area contributed by atoms with Crippen molar-refractivity contribution in [3.8, 4) is 0 Å². The minimum Gasteiger partial charge on any atom is -0.296 e. The van der Waals surface area contributed by atoms with Gasteiger partial charge in [0.15, 0.2) is 0 Å². The summed E-state index contributed by atoms with van der Waals surface area (Å²) < 4.78 is 24.3. The lowest BCUT2D eigenvalue weighted by atomic mass is 10.1. The van der Waals surface area contributed by atoms with E-state index in [1.54, 1.807) is 12.1 Å². The van der Waals surface area contributed by atoms with Crippen molar-refractivity contribution >= 4 is 37.5 Å². The van der Waals surface area contributed by atoms with Gasteiger partial charge in [-0.05, 0) is 37.1 Å². The van der Waals surface area contributed by atoms with Crippen molar-refractivity contribution in [2.75, 3.05) is 16.3 Å². The van der Waals surface area contributed by atoms with E-state index in [0.717, 1.165) is 28.7 Å². The number of rotatable bonds is 4. The summed E-state index contributed by atoms with van der Waals surface area (Å²) in [6.07, 6.45) is 1.02. The van der Waals surface area contributed by atoms with Gasteiger partial charge in [-0.15, -0.1) is 10.2 Å². The third-order valence-corrected chi connectivity index (χ3v) is 4.13. The van der Waals surface area contributed by atoms with E-state index in [9.17, 15) is 13.2 Å². The molecule has 2 aromatic rings. The molecule has 1 aromatic carbocycles. The Balaban J connectivity index is 2.11. The molecule has 7 nitrogen and oxygen atoms in total. The molecule has 0 atom stereocenters. The summed E-state index contributed by atoms with van der Waals surface area (Å²) in [4.78, 5) is 12.1. The number of anilines is 2. The zero-order chi connectivity index (χ0) is 15.6. The van der Waals surface area contributed by atoms with E-state index in [2.05, 4.69) is 20.2 Å². The summed E-state index contributed by atoms with van der Waals surface area (Å²) in [6, 6.07) is 5.36. The minimum atomic E-state index is -3.41. The van der Waals surface area contributed by atoms with Gasteiger partial charge >= 0.3 is 0 Å². The molecule has 0 spiro atoms. The second-order valence-corrected chi connectivity index (χ2v) is 7.27. The zero-order valence-electron chi connectivity index (χ0n) is 11.7. The number of sulfonamides is 1. The fourth-order valence-electron chi connectivity index (χ4n) is 1.53. The Labute approximate surface area is 126 Å². The first-order valence-electron chi connectivity index (χ1n) is 5.94. The number of nitrogens with one attached hydrogen (secondary N) is 2.